The van der Waals surface area contributed by atoms with Crippen molar-refractivity contribution in [2.24, 2.45) is 0 Å². The van der Waals surface area contributed by atoms with Crippen molar-refractivity contribution in [3.63, 3.8) is 0 Å². The number of methoxy groups -OCH3 is 1. The molecule has 0 atom stereocenters. The maximum Gasteiger partial charge on any atom is 0.238 e. The summed E-state index contributed by atoms with van der Waals surface area (Å²) < 4.78 is 4.91. The second-order valence-electron chi connectivity index (χ2n) is 5.23. The quantitative estimate of drug-likeness (QED) is 0.668. The highest BCUT2D eigenvalue weighted by atomic mass is 16.5. The highest BCUT2D eigenvalue weighted by molar-refractivity contribution is 5.93. The number of aryl methyl sites for hydroxylation is 1. The topological polar surface area (TPSA) is 70.7 Å². The molecule has 22 heavy (non-hydrogen) atoms. The largest absolute Gasteiger partial charge is 0.385 e. The molecular formula is C16H25N3O3. The van der Waals surface area contributed by atoms with Gasteiger partial charge in [-0.25, -0.2) is 0 Å². The number of benzene rings is 1. The third-order valence-corrected chi connectivity index (χ3v) is 3.09. The number of para-hydroxylation sites is 1. The van der Waals surface area contributed by atoms with Crippen LogP contribution in [0.25, 0.3) is 0 Å². The number of nitrogens with zero attached hydrogens (tertiary/aromatic N) is 1. The molecular weight excluding hydrogens is 282 g/mol. The minimum atomic E-state index is -0.135. The summed E-state index contributed by atoms with van der Waals surface area (Å²) in [4.78, 5) is 25.3. The van der Waals surface area contributed by atoms with Gasteiger partial charge in [0.15, 0.2) is 0 Å². The maximum absolute atomic E-state index is 12.0. The van der Waals surface area contributed by atoms with E-state index in [1.807, 2.05) is 31.2 Å². The number of hydrogen-bond acceptors (Lipinski definition) is 4. The first-order valence-corrected chi connectivity index (χ1v) is 7.32. The van der Waals surface area contributed by atoms with Crippen LogP contribution >= 0.6 is 0 Å². The first-order chi connectivity index (χ1) is 10.5. The van der Waals surface area contributed by atoms with Gasteiger partial charge in [-0.05, 0) is 32.0 Å². The number of hydrogen-bond donors (Lipinski definition) is 2. The van der Waals surface area contributed by atoms with E-state index in [-0.39, 0.29) is 24.9 Å². The highest BCUT2D eigenvalue weighted by Crippen LogP contribution is 2.12. The SMILES string of the molecule is COCCCNC(=O)CN(C)CC(=O)Nc1ccccc1C. The van der Waals surface area contributed by atoms with Crippen molar-refractivity contribution in [1.29, 1.82) is 0 Å². The number of amides is 2. The van der Waals surface area contributed by atoms with E-state index in [0.717, 1.165) is 17.7 Å². The molecule has 0 radical (unpaired) electrons. The Morgan fingerprint density at radius 1 is 1.18 bits per heavy atom. The van der Waals surface area contributed by atoms with Crippen LogP contribution < -0.4 is 10.6 Å². The zero-order valence-corrected chi connectivity index (χ0v) is 13.5. The van der Waals surface area contributed by atoms with Crippen molar-refractivity contribution < 1.29 is 14.3 Å². The van der Waals surface area contributed by atoms with Crippen LogP contribution in [0.1, 0.15) is 12.0 Å². The van der Waals surface area contributed by atoms with E-state index >= 15 is 0 Å². The lowest BCUT2D eigenvalue weighted by molar-refractivity contribution is -0.123. The van der Waals surface area contributed by atoms with E-state index in [4.69, 9.17) is 4.74 Å². The average Bonchev–Trinajstić information content (AvgIpc) is 2.46. The van der Waals surface area contributed by atoms with Crippen molar-refractivity contribution in [3.8, 4) is 0 Å². The lowest BCUT2D eigenvalue weighted by Gasteiger charge is -2.16. The summed E-state index contributed by atoms with van der Waals surface area (Å²) in [7, 11) is 3.37. The van der Waals surface area contributed by atoms with Crippen LogP contribution in [0.4, 0.5) is 5.69 Å². The lowest BCUT2D eigenvalue weighted by Crippen LogP contribution is -2.39. The molecule has 0 aromatic heterocycles. The molecule has 2 N–H and O–H groups in total. The molecule has 0 unspecified atom stereocenters. The Hall–Kier alpha value is -1.92. The van der Waals surface area contributed by atoms with E-state index in [9.17, 15) is 9.59 Å². The fourth-order valence-corrected chi connectivity index (χ4v) is 1.95. The molecule has 2 amide bonds. The van der Waals surface area contributed by atoms with Gasteiger partial charge in [0, 0.05) is 25.9 Å². The Labute approximate surface area is 131 Å². The monoisotopic (exact) mass is 307 g/mol. The molecule has 0 fully saturated rings. The molecule has 0 bridgehead atoms. The zero-order chi connectivity index (χ0) is 16.4. The van der Waals surface area contributed by atoms with Gasteiger partial charge in [-0.2, -0.15) is 0 Å². The van der Waals surface area contributed by atoms with Gasteiger partial charge in [-0.15, -0.1) is 0 Å². The van der Waals surface area contributed by atoms with Crippen LogP contribution in [0.2, 0.25) is 0 Å². The Morgan fingerprint density at radius 2 is 1.86 bits per heavy atom. The van der Waals surface area contributed by atoms with E-state index in [0.29, 0.717) is 13.2 Å². The second kappa shape index (κ2) is 9.92. The fraction of sp³-hybridized carbons (Fsp3) is 0.500. The predicted octanol–water partition coefficient (Wildman–Crippen LogP) is 1.02. The Balaban J connectivity index is 2.29. The number of likely N-dealkylation sites (N-methyl/N-ethyl adjacent to an activating group) is 1. The molecule has 0 heterocycles. The molecule has 0 aliphatic carbocycles. The summed E-state index contributed by atoms with van der Waals surface area (Å²) in [6.07, 6.45) is 0.778. The smallest absolute Gasteiger partial charge is 0.238 e. The normalized spacial score (nSPS) is 10.5. The lowest BCUT2D eigenvalue weighted by atomic mass is 10.2. The molecule has 1 rings (SSSR count). The minimum absolute atomic E-state index is 0.0951. The average molecular weight is 307 g/mol. The second-order valence-corrected chi connectivity index (χ2v) is 5.23. The molecule has 0 spiro atoms. The zero-order valence-electron chi connectivity index (χ0n) is 13.5. The van der Waals surface area contributed by atoms with Crippen molar-refractivity contribution in [2.45, 2.75) is 13.3 Å². The van der Waals surface area contributed by atoms with Gasteiger partial charge in [-0.1, -0.05) is 18.2 Å². The molecule has 6 heteroatoms. The van der Waals surface area contributed by atoms with E-state index in [1.54, 1.807) is 19.1 Å². The van der Waals surface area contributed by atoms with Crippen LogP contribution in [0.3, 0.4) is 0 Å². The Morgan fingerprint density at radius 3 is 2.55 bits per heavy atom. The molecule has 0 saturated carbocycles. The maximum atomic E-state index is 12.0. The summed E-state index contributed by atoms with van der Waals surface area (Å²) in [6.45, 7) is 3.49. The Bertz CT molecular complexity index is 491. The number of anilines is 1. The van der Waals surface area contributed by atoms with Crippen LogP contribution in [0.5, 0.6) is 0 Å². The summed E-state index contributed by atoms with van der Waals surface area (Å²) >= 11 is 0. The van der Waals surface area contributed by atoms with Gasteiger partial charge in [0.1, 0.15) is 0 Å². The molecule has 0 saturated heterocycles. The predicted molar refractivity (Wildman–Crippen MR) is 86.8 cm³/mol. The van der Waals surface area contributed by atoms with Gasteiger partial charge >= 0.3 is 0 Å². The first kappa shape index (κ1) is 18.1. The van der Waals surface area contributed by atoms with E-state index < -0.39 is 0 Å². The third-order valence-electron chi connectivity index (χ3n) is 3.09. The summed E-state index contributed by atoms with van der Waals surface area (Å²) in [5, 5.41) is 5.63. The third kappa shape index (κ3) is 7.19. The van der Waals surface area contributed by atoms with Gasteiger partial charge in [-0.3, -0.25) is 14.5 Å². The van der Waals surface area contributed by atoms with Crippen LogP contribution in [0, 0.1) is 6.92 Å². The Kier molecular flexibility index (Phi) is 8.17. The molecule has 1 aromatic rings. The van der Waals surface area contributed by atoms with Gasteiger partial charge in [0.2, 0.25) is 11.8 Å². The number of carbonyl (C=O) groups is 2. The molecule has 6 nitrogen and oxygen atoms in total. The number of carbonyl (C=O) groups excluding carboxylic acids is 2. The summed E-state index contributed by atoms with van der Waals surface area (Å²) in [5.74, 6) is -0.230. The molecule has 0 aliphatic heterocycles. The minimum Gasteiger partial charge on any atom is -0.385 e. The van der Waals surface area contributed by atoms with Crippen LogP contribution in [0.15, 0.2) is 24.3 Å². The molecule has 1 aromatic carbocycles. The fourth-order valence-electron chi connectivity index (χ4n) is 1.95. The van der Waals surface area contributed by atoms with E-state index in [2.05, 4.69) is 10.6 Å². The van der Waals surface area contributed by atoms with Gasteiger partial charge in [0.05, 0.1) is 13.1 Å². The van der Waals surface area contributed by atoms with Crippen molar-refractivity contribution >= 4 is 17.5 Å². The van der Waals surface area contributed by atoms with Crippen molar-refractivity contribution in [2.75, 3.05) is 45.7 Å². The molecule has 122 valence electrons. The summed E-state index contributed by atoms with van der Waals surface area (Å²) in [6, 6.07) is 7.59. The number of rotatable bonds is 9. The first-order valence-electron chi connectivity index (χ1n) is 7.32. The molecule has 0 aliphatic rings. The van der Waals surface area contributed by atoms with Gasteiger partial charge < -0.3 is 15.4 Å². The van der Waals surface area contributed by atoms with Crippen molar-refractivity contribution in [3.05, 3.63) is 29.8 Å². The number of nitrogens with one attached hydrogen (secondary N) is 2. The van der Waals surface area contributed by atoms with Crippen molar-refractivity contribution in [1.82, 2.24) is 10.2 Å². The number of ether oxygens (including phenoxy) is 1. The summed E-state index contributed by atoms with van der Waals surface area (Å²) in [5.41, 5.74) is 1.80. The van der Waals surface area contributed by atoms with Crippen LogP contribution in [-0.2, 0) is 14.3 Å². The standard InChI is InChI=1S/C16H25N3O3/c1-13-7-4-5-8-14(13)18-16(21)12-19(2)11-15(20)17-9-6-10-22-3/h4-5,7-8H,6,9-12H2,1-3H3,(H,17,20)(H,18,21). The van der Waals surface area contributed by atoms with Gasteiger partial charge in [0.25, 0.3) is 0 Å². The highest BCUT2D eigenvalue weighted by Gasteiger charge is 2.11. The van der Waals surface area contributed by atoms with E-state index in [1.165, 1.54) is 0 Å². The van der Waals surface area contributed by atoms with Crippen LogP contribution in [-0.4, -0.2) is 57.1 Å².